The van der Waals surface area contributed by atoms with E-state index in [1.807, 2.05) is 24.3 Å². The number of benzene rings is 1. The number of nitrogens with one attached hydrogen (secondary N) is 1. The van der Waals surface area contributed by atoms with Gasteiger partial charge in [0.1, 0.15) is 0 Å². The van der Waals surface area contributed by atoms with E-state index >= 15 is 0 Å². The van der Waals surface area contributed by atoms with Crippen LogP contribution in [0, 0.1) is 0 Å². The van der Waals surface area contributed by atoms with Gasteiger partial charge in [-0.15, -0.1) is 0 Å². The van der Waals surface area contributed by atoms with Gasteiger partial charge in [-0.3, -0.25) is 9.78 Å². The first-order valence-electron chi connectivity index (χ1n) is 6.04. The van der Waals surface area contributed by atoms with Crippen molar-refractivity contribution in [3.05, 3.63) is 64.7 Å². The molecule has 0 saturated carbocycles. The highest BCUT2D eigenvalue weighted by Gasteiger charge is 2.12. The molecule has 0 spiro atoms. The third-order valence-electron chi connectivity index (χ3n) is 2.91. The van der Waals surface area contributed by atoms with Gasteiger partial charge in [0.05, 0.1) is 23.5 Å². The van der Waals surface area contributed by atoms with Gasteiger partial charge in [-0.2, -0.15) is 5.10 Å². The van der Waals surface area contributed by atoms with Gasteiger partial charge in [-0.05, 0) is 17.7 Å². The number of halogens is 1. The first kappa shape index (κ1) is 12.8. The van der Waals surface area contributed by atoms with Crippen molar-refractivity contribution < 1.29 is 4.79 Å². The second-order valence-electron chi connectivity index (χ2n) is 4.28. The highest BCUT2D eigenvalue weighted by molar-refractivity contribution is 9.10. The van der Waals surface area contributed by atoms with Crippen LogP contribution >= 0.6 is 15.9 Å². The summed E-state index contributed by atoms with van der Waals surface area (Å²) in [6, 6.07) is 7.81. The number of hydrogen-bond acceptors (Lipinski definition) is 3. The number of hydrogen-bond donors (Lipinski definition) is 1. The highest BCUT2D eigenvalue weighted by atomic mass is 79.9. The van der Waals surface area contributed by atoms with E-state index in [-0.39, 0.29) is 5.91 Å². The van der Waals surface area contributed by atoms with Gasteiger partial charge in [-0.25, -0.2) is 4.52 Å². The molecule has 6 heteroatoms. The van der Waals surface area contributed by atoms with E-state index in [0.717, 1.165) is 10.0 Å². The van der Waals surface area contributed by atoms with E-state index in [1.54, 1.807) is 29.3 Å². The molecule has 0 bridgehead atoms. The molecule has 0 aliphatic heterocycles. The topological polar surface area (TPSA) is 59.3 Å². The van der Waals surface area contributed by atoms with Crippen LogP contribution in [-0.2, 0) is 6.54 Å². The van der Waals surface area contributed by atoms with Crippen molar-refractivity contribution in [1.29, 1.82) is 0 Å². The maximum absolute atomic E-state index is 12.2. The second-order valence-corrected chi connectivity index (χ2v) is 5.19. The molecule has 0 aliphatic rings. The minimum Gasteiger partial charge on any atom is -0.348 e. The summed E-state index contributed by atoms with van der Waals surface area (Å²) >= 11 is 3.41. The molecule has 0 unspecified atom stereocenters. The van der Waals surface area contributed by atoms with E-state index in [0.29, 0.717) is 17.6 Å². The Kier molecular flexibility index (Phi) is 3.47. The number of amides is 1. The number of rotatable bonds is 3. The van der Waals surface area contributed by atoms with Crippen molar-refractivity contribution >= 4 is 27.4 Å². The average Bonchev–Trinajstić information content (AvgIpc) is 2.89. The molecule has 100 valence electrons. The van der Waals surface area contributed by atoms with Crippen LogP contribution in [-0.4, -0.2) is 20.5 Å². The average molecular weight is 331 g/mol. The third-order valence-corrected chi connectivity index (χ3v) is 3.40. The zero-order valence-electron chi connectivity index (χ0n) is 10.5. The van der Waals surface area contributed by atoms with Crippen LogP contribution in [0.1, 0.15) is 15.9 Å². The largest absolute Gasteiger partial charge is 0.348 e. The predicted octanol–water partition coefficient (Wildman–Crippen LogP) is 2.42. The molecular weight excluding hydrogens is 320 g/mol. The summed E-state index contributed by atoms with van der Waals surface area (Å²) in [5.41, 5.74) is 2.25. The van der Waals surface area contributed by atoms with Crippen molar-refractivity contribution in [1.82, 2.24) is 19.9 Å². The Bertz CT molecular complexity index is 768. The van der Waals surface area contributed by atoms with Crippen molar-refractivity contribution in [3.63, 3.8) is 0 Å². The molecule has 3 aromatic rings. The lowest BCUT2D eigenvalue weighted by Crippen LogP contribution is -2.22. The zero-order valence-corrected chi connectivity index (χ0v) is 12.0. The fraction of sp³-hybridized carbons (Fsp3) is 0.0714. The molecule has 3 rings (SSSR count). The minimum atomic E-state index is -0.159. The molecule has 20 heavy (non-hydrogen) atoms. The number of nitrogens with zero attached hydrogens (tertiary/aromatic N) is 3. The molecule has 0 fully saturated rings. The van der Waals surface area contributed by atoms with E-state index in [1.165, 1.54) is 0 Å². The van der Waals surface area contributed by atoms with Crippen molar-refractivity contribution in [2.75, 3.05) is 0 Å². The van der Waals surface area contributed by atoms with Crippen LogP contribution in [0.4, 0.5) is 0 Å². The molecule has 1 aromatic carbocycles. The lowest BCUT2D eigenvalue weighted by atomic mass is 10.2. The summed E-state index contributed by atoms with van der Waals surface area (Å²) in [7, 11) is 0. The van der Waals surface area contributed by atoms with Crippen molar-refractivity contribution in [3.8, 4) is 0 Å². The van der Waals surface area contributed by atoms with Gasteiger partial charge in [0.25, 0.3) is 5.91 Å². The Hall–Kier alpha value is -2.21. The van der Waals surface area contributed by atoms with E-state index < -0.39 is 0 Å². The Morgan fingerprint density at radius 3 is 3.10 bits per heavy atom. The number of fused-ring (bicyclic) bond motifs is 1. The van der Waals surface area contributed by atoms with Crippen LogP contribution in [0.5, 0.6) is 0 Å². The van der Waals surface area contributed by atoms with E-state index in [9.17, 15) is 4.79 Å². The van der Waals surface area contributed by atoms with Crippen molar-refractivity contribution in [2.24, 2.45) is 0 Å². The molecule has 2 aromatic heterocycles. The monoisotopic (exact) mass is 330 g/mol. The smallest absolute Gasteiger partial charge is 0.255 e. The Labute approximate surface area is 123 Å². The van der Waals surface area contributed by atoms with Gasteiger partial charge < -0.3 is 5.32 Å². The van der Waals surface area contributed by atoms with Gasteiger partial charge in [-0.1, -0.05) is 28.1 Å². The summed E-state index contributed by atoms with van der Waals surface area (Å²) in [6.45, 7) is 0.468. The molecule has 0 saturated heterocycles. The number of aromatic nitrogens is 3. The Morgan fingerprint density at radius 2 is 2.25 bits per heavy atom. The summed E-state index contributed by atoms with van der Waals surface area (Å²) in [5.74, 6) is -0.159. The third kappa shape index (κ3) is 2.55. The maximum atomic E-state index is 12.2. The van der Waals surface area contributed by atoms with Crippen LogP contribution in [0.25, 0.3) is 5.52 Å². The Balaban J connectivity index is 1.76. The highest BCUT2D eigenvalue weighted by Crippen LogP contribution is 2.12. The first-order valence-corrected chi connectivity index (χ1v) is 6.83. The molecule has 5 nitrogen and oxygen atoms in total. The minimum absolute atomic E-state index is 0.159. The van der Waals surface area contributed by atoms with Gasteiger partial charge in [0.2, 0.25) is 0 Å². The van der Waals surface area contributed by atoms with Crippen LogP contribution in [0.3, 0.4) is 0 Å². The molecule has 1 N–H and O–H groups in total. The maximum Gasteiger partial charge on any atom is 0.255 e. The standard InChI is InChI=1S/C14H11BrN4O/c15-11-3-1-2-10(6-11)7-17-14(20)12-8-18-19-5-4-16-9-13(12)19/h1-6,8-9H,7H2,(H,17,20). The lowest BCUT2D eigenvalue weighted by Gasteiger charge is -2.04. The first-order chi connectivity index (χ1) is 9.74. The van der Waals surface area contributed by atoms with Crippen LogP contribution in [0.2, 0.25) is 0 Å². The molecule has 0 radical (unpaired) electrons. The zero-order chi connectivity index (χ0) is 13.9. The normalized spacial score (nSPS) is 10.7. The van der Waals surface area contributed by atoms with Crippen LogP contribution in [0.15, 0.2) is 53.5 Å². The lowest BCUT2D eigenvalue weighted by molar-refractivity contribution is 0.0952. The van der Waals surface area contributed by atoms with Crippen molar-refractivity contribution in [2.45, 2.75) is 6.54 Å². The fourth-order valence-electron chi connectivity index (χ4n) is 1.93. The summed E-state index contributed by atoms with van der Waals surface area (Å²) in [5, 5.41) is 7.00. The number of carbonyl (C=O) groups excluding carboxylic acids is 1. The van der Waals surface area contributed by atoms with Crippen LogP contribution < -0.4 is 5.32 Å². The van der Waals surface area contributed by atoms with E-state index in [4.69, 9.17) is 0 Å². The summed E-state index contributed by atoms with van der Waals surface area (Å²) < 4.78 is 2.62. The molecule has 2 heterocycles. The van der Waals surface area contributed by atoms with Gasteiger partial charge in [0, 0.05) is 23.4 Å². The number of carbonyl (C=O) groups is 1. The molecule has 0 atom stereocenters. The SMILES string of the molecule is O=C(NCc1cccc(Br)c1)c1cnn2ccncc12. The summed E-state index contributed by atoms with van der Waals surface area (Å²) in [6.07, 6.45) is 6.51. The summed E-state index contributed by atoms with van der Waals surface area (Å²) in [4.78, 5) is 16.2. The second kappa shape index (κ2) is 5.42. The fourth-order valence-corrected chi connectivity index (χ4v) is 2.38. The van der Waals surface area contributed by atoms with E-state index in [2.05, 4.69) is 31.3 Å². The molecule has 1 amide bonds. The Morgan fingerprint density at radius 1 is 1.35 bits per heavy atom. The molecular formula is C14H11BrN4O. The van der Waals surface area contributed by atoms with Gasteiger partial charge >= 0.3 is 0 Å². The molecule has 0 aliphatic carbocycles. The van der Waals surface area contributed by atoms with Gasteiger partial charge in [0.15, 0.2) is 0 Å². The predicted molar refractivity (Wildman–Crippen MR) is 78.3 cm³/mol. The quantitative estimate of drug-likeness (QED) is 0.802.